The van der Waals surface area contributed by atoms with Crippen LogP contribution < -0.4 is 0 Å². The molecule has 7 heteroatoms. The van der Waals surface area contributed by atoms with Gasteiger partial charge in [0, 0.05) is 38.3 Å². The van der Waals surface area contributed by atoms with Crippen molar-refractivity contribution < 1.29 is 14.1 Å². The van der Waals surface area contributed by atoms with Crippen LogP contribution >= 0.6 is 0 Å². The molecule has 0 radical (unpaired) electrons. The Morgan fingerprint density at radius 3 is 2.48 bits per heavy atom. The average molecular weight is 293 g/mol. The molecule has 112 valence electrons. The maximum absolute atomic E-state index is 13.3. The summed E-state index contributed by atoms with van der Waals surface area (Å²) in [5.74, 6) is -1.10. The van der Waals surface area contributed by atoms with Crippen molar-refractivity contribution >= 4 is 11.6 Å². The van der Waals surface area contributed by atoms with E-state index in [1.54, 1.807) is 4.90 Å². The van der Waals surface area contributed by atoms with Crippen molar-refractivity contribution in [3.8, 4) is 0 Å². The third-order valence-corrected chi connectivity index (χ3v) is 4.05. The van der Waals surface area contributed by atoms with Crippen LogP contribution in [0, 0.1) is 15.9 Å². The van der Waals surface area contributed by atoms with Gasteiger partial charge in [0.15, 0.2) is 0 Å². The van der Waals surface area contributed by atoms with Crippen molar-refractivity contribution in [3.63, 3.8) is 0 Å². The number of benzene rings is 1. The molecule has 0 unspecified atom stereocenters. The Morgan fingerprint density at radius 2 is 1.90 bits per heavy atom. The molecular weight excluding hydrogens is 277 g/mol. The minimum absolute atomic E-state index is 0.167. The maximum atomic E-state index is 13.3. The lowest BCUT2D eigenvalue weighted by molar-refractivity contribution is -0.385. The molecule has 1 aromatic carbocycles. The predicted octanol–water partition coefficient (Wildman–Crippen LogP) is 1.65. The van der Waals surface area contributed by atoms with Crippen molar-refractivity contribution in [1.82, 2.24) is 9.80 Å². The summed E-state index contributed by atoms with van der Waals surface area (Å²) in [5, 5.41) is 11.0. The van der Waals surface area contributed by atoms with Gasteiger partial charge < -0.3 is 4.90 Å². The van der Waals surface area contributed by atoms with Crippen molar-refractivity contribution in [2.45, 2.75) is 18.9 Å². The van der Waals surface area contributed by atoms with Gasteiger partial charge in [-0.2, -0.15) is 0 Å². The van der Waals surface area contributed by atoms with E-state index < -0.39 is 16.6 Å². The summed E-state index contributed by atoms with van der Waals surface area (Å²) < 4.78 is 13.3. The first kappa shape index (κ1) is 13.9. The molecule has 0 N–H and O–H groups in total. The third-order valence-electron chi connectivity index (χ3n) is 4.05. The fourth-order valence-corrected chi connectivity index (χ4v) is 2.74. The Kier molecular flexibility index (Phi) is 3.59. The van der Waals surface area contributed by atoms with Crippen LogP contribution in [-0.2, 0) is 0 Å². The highest BCUT2D eigenvalue weighted by molar-refractivity contribution is 5.98. The fourth-order valence-electron chi connectivity index (χ4n) is 2.74. The third kappa shape index (κ3) is 2.87. The first-order valence-electron chi connectivity index (χ1n) is 7.03. The minimum Gasteiger partial charge on any atom is -0.336 e. The van der Waals surface area contributed by atoms with Gasteiger partial charge in [0.1, 0.15) is 11.4 Å². The van der Waals surface area contributed by atoms with E-state index in [2.05, 4.69) is 4.90 Å². The van der Waals surface area contributed by atoms with E-state index in [4.69, 9.17) is 0 Å². The molecule has 6 nitrogen and oxygen atoms in total. The van der Waals surface area contributed by atoms with Gasteiger partial charge in [-0.25, -0.2) is 4.39 Å². The maximum Gasteiger partial charge on any atom is 0.282 e. The average Bonchev–Trinajstić information content (AvgIpc) is 3.31. The van der Waals surface area contributed by atoms with Crippen LogP contribution in [0.2, 0.25) is 0 Å². The van der Waals surface area contributed by atoms with E-state index in [0.717, 1.165) is 31.3 Å². The van der Waals surface area contributed by atoms with Gasteiger partial charge in [0.05, 0.1) is 4.92 Å². The van der Waals surface area contributed by atoms with E-state index in [1.165, 1.54) is 12.8 Å². The minimum atomic E-state index is -0.646. The number of nitro benzene ring substituents is 1. The second kappa shape index (κ2) is 5.40. The fraction of sp³-hybridized carbons (Fsp3) is 0.500. The Balaban J connectivity index is 1.76. The van der Waals surface area contributed by atoms with Gasteiger partial charge in [-0.1, -0.05) is 0 Å². The van der Waals surface area contributed by atoms with Gasteiger partial charge in [-0.05, 0) is 25.0 Å². The number of piperazine rings is 1. The quantitative estimate of drug-likeness (QED) is 0.628. The molecule has 1 saturated heterocycles. The topological polar surface area (TPSA) is 66.7 Å². The summed E-state index contributed by atoms with van der Waals surface area (Å²) in [6.07, 6.45) is 2.42. The van der Waals surface area contributed by atoms with Crippen LogP contribution in [0.4, 0.5) is 10.1 Å². The second-order valence-corrected chi connectivity index (χ2v) is 5.48. The molecule has 1 saturated carbocycles. The highest BCUT2D eigenvalue weighted by atomic mass is 19.1. The van der Waals surface area contributed by atoms with Crippen LogP contribution in [-0.4, -0.2) is 52.9 Å². The highest BCUT2D eigenvalue weighted by Gasteiger charge is 2.33. The summed E-state index contributed by atoms with van der Waals surface area (Å²) in [6, 6.07) is 3.64. The summed E-state index contributed by atoms with van der Waals surface area (Å²) in [5.41, 5.74) is -0.508. The Hall–Kier alpha value is -2.02. The van der Waals surface area contributed by atoms with Crippen LogP contribution in [0.25, 0.3) is 0 Å². The number of amides is 1. The summed E-state index contributed by atoms with van der Waals surface area (Å²) in [4.78, 5) is 26.6. The molecule has 2 fully saturated rings. The first-order valence-corrected chi connectivity index (χ1v) is 7.03. The summed E-state index contributed by atoms with van der Waals surface area (Å²) in [6.45, 7) is 2.62. The number of carbonyl (C=O) groups excluding carboxylic acids is 1. The number of carbonyl (C=O) groups is 1. The molecule has 0 bridgehead atoms. The zero-order chi connectivity index (χ0) is 15.0. The largest absolute Gasteiger partial charge is 0.336 e. The van der Waals surface area contributed by atoms with Gasteiger partial charge in [0.2, 0.25) is 0 Å². The van der Waals surface area contributed by atoms with Gasteiger partial charge in [0.25, 0.3) is 11.6 Å². The second-order valence-electron chi connectivity index (χ2n) is 5.48. The monoisotopic (exact) mass is 293 g/mol. The van der Waals surface area contributed by atoms with E-state index in [1.807, 2.05) is 0 Å². The molecule has 1 aliphatic heterocycles. The molecule has 21 heavy (non-hydrogen) atoms. The molecule has 1 aromatic rings. The molecule has 0 aromatic heterocycles. The van der Waals surface area contributed by atoms with Crippen LogP contribution in [0.5, 0.6) is 0 Å². The Bertz CT molecular complexity index is 581. The number of nitrogens with zero attached hydrogens (tertiary/aromatic N) is 3. The van der Waals surface area contributed by atoms with Gasteiger partial charge in [-0.15, -0.1) is 0 Å². The van der Waals surface area contributed by atoms with E-state index in [0.29, 0.717) is 19.1 Å². The number of nitro groups is 1. The van der Waals surface area contributed by atoms with Crippen molar-refractivity contribution in [2.75, 3.05) is 26.2 Å². The molecule has 2 aliphatic rings. The molecule has 0 spiro atoms. The smallest absolute Gasteiger partial charge is 0.282 e. The predicted molar refractivity (Wildman–Crippen MR) is 73.6 cm³/mol. The zero-order valence-electron chi connectivity index (χ0n) is 11.5. The summed E-state index contributed by atoms with van der Waals surface area (Å²) >= 11 is 0. The molecule has 0 atom stereocenters. The zero-order valence-corrected chi connectivity index (χ0v) is 11.5. The van der Waals surface area contributed by atoms with Crippen molar-refractivity contribution in [3.05, 3.63) is 39.7 Å². The lowest BCUT2D eigenvalue weighted by atomic mass is 10.1. The Labute approximate surface area is 121 Å². The van der Waals surface area contributed by atoms with Crippen LogP contribution in [0.15, 0.2) is 18.2 Å². The number of hydrogen-bond acceptors (Lipinski definition) is 4. The van der Waals surface area contributed by atoms with Crippen LogP contribution in [0.1, 0.15) is 23.2 Å². The van der Waals surface area contributed by atoms with Crippen LogP contribution in [0.3, 0.4) is 0 Å². The van der Waals surface area contributed by atoms with E-state index in [9.17, 15) is 19.3 Å². The number of hydrogen-bond donors (Lipinski definition) is 0. The van der Waals surface area contributed by atoms with Gasteiger partial charge >= 0.3 is 0 Å². The molecule has 3 rings (SSSR count). The lowest BCUT2D eigenvalue weighted by Gasteiger charge is -2.34. The molecule has 1 aliphatic carbocycles. The molecule has 1 amide bonds. The number of rotatable bonds is 3. The summed E-state index contributed by atoms with van der Waals surface area (Å²) in [7, 11) is 0. The Morgan fingerprint density at radius 1 is 1.24 bits per heavy atom. The lowest BCUT2D eigenvalue weighted by Crippen LogP contribution is -2.49. The van der Waals surface area contributed by atoms with Crippen molar-refractivity contribution in [1.29, 1.82) is 0 Å². The van der Waals surface area contributed by atoms with Crippen molar-refractivity contribution in [2.24, 2.45) is 0 Å². The molecule has 1 heterocycles. The van der Waals surface area contributed by atoms with E-state index >= 15 is 0 Å². The van der Waals surface area contributed by atoms with Gasteiger partial charge in [-0.3, -0.25) is 19.8 Å². The number of halogens is 1. The molecular formula is C14H16FN3O3. The first-order chi connectivity index (χ1) is 10.1. The SMILES string of the molecule is O=C(c1cc(F)ccc1[N+](=O)[O-])N1CCN(C2CC2)CC1. The van der Waals surface area contributed by atoms with E-state index in [-0.39, 0.29) is 11.3 Å². The standard InChI is InChI=1S/C14H16FN3O3/c15-10-1-4-13(18(20)21)12(9-10)14(19)17-7-5-16(6-8-17)11-2-3-11/h1,4,9,11H,2-3,5-8H2. The highest BCUT2D eigenvalue weighted by Crippen LogP contribution is 2.28. The normalized spacial score (nSPS) is 19.6.